The van der Waals surface area contributed by atoms with Crippen molar-refractivity contribution in [1.29, 1.82) is 0 Å². The van der Waals surface area contributed by atoms with Crippen molar-refractivity contribution in [2.75, 3.05) is 26.6 Å². The summed E-state index contributed by atoms with van der Waals surface area (Å²) < 4.78 is 12.2. The zero-order valence-corrected chi connectivity index (χ0v) is 12.4. The minimum Gasteiger partial charge on any atom is -0.481 e. The average Bonchev–Trinajstić information content (AvgIpc) is 2.72. The summed E-state index contributed by atoms with van der Waals surface area (Å²) in [5, 5.41) is 7.37. The molecule has 0 saturated carbocycles. The molecule has 1 N–H and O–H groups in total. The summed E-state index contributed by atoms with van der Waals surface area (Å²) in [6.45, 7) is 2.33. The molecule has 2 heterocycles. The fourth-order valence-corrected chi connectivity index (χ4v) is 2.09. The molecule has 0 spiro atoms. The molecule has 2 aromatic heterocycles. The molecule has 7 heteroatoms. The van der Waals surface area contributed by atoms with Crippen LogP contribution >= 0.6 is 0 Å². The number of anilines is 1. The molecule has 0 amide bonds. The third kappa shape index (κ3) is 2.57. The van der Waals surface area contributed by atoms with Gasteiger partial charge in [-0.3, -0.25) is 0 Å². The van der Waals surface area contributed by atoms with Gasteiger partial charge in [-0.1, -0.05) is 0 Å². The molecule has 0 saturated heterocycles. The van der Waals surface area contributed by atoms with E-state index in [-0.39, 0.29) is 0 Å². The van der Waals surface area contributed by atoms with Gasteiger partial charge in [0, 0.05) is 27.3 Å². The van der Waals surface area contributed by atoms with Crippen LogP contribution in [0.1, 0.15) is 11.4 Å². The second-order valence-corrected chi connectivity index (χ2v) is 4.34. The fraction of sp³-hybridized carbons (Fsp3) is 0.462. The lowest BCUT2D eigenvalue weighted by Crippen LogP contribution is -2.03. The Morgan fingerprint density at radius 2 is 2.05 bits per heavy atom. The van der Waals surface area contributed by atoms with E-state index in [1.54, 1.807) is 18.9 Å². The van der Waals surface area contributed by atoms with E-state index in [0.717, 1.165) is 22.8 Å². The van der Waals surface area contributed by atoms with Gasteiger partial charge in [0.15, 0.2) is 5.82 Å². The first-order valence-electron chi connectivity index (χ1n) is 6.23. The summed E-state index contributed by atoms with van der Waals surface area (Å²) >= 11 is 0. The molecular formula is C13H19N5O2. The Bertz CT molecular complexity index is 609. The lowest BCUT2D eigenvalue weighted by atomic mass is 10.2. The van der Waals surface area contributed by atoms with E-state index in [1.165, 1.54) is 0 Å². The third-order valence-electron chi connectivity index (χ3n) is 2.91. The van der Waals surface area contributed by atoms with Gasteiger partial charge in [0.05, 0.1) is 25.1 Å². The molecule has 0 aliphatic heterocycles. The van der Waals surface area contributed by atoms with Crippen LogP contribution in [0, 0.1) is 6.92 Å². The summed E-state index contributed by atoms with van der Waals surface area (Å²) in [5.41, 5.74) is 2.41. The minimum absolute atomic E-state index is 0.422. The van der Waals surface area contributed by atoms with E-state index in [2.05, 4.69) is 20.4 Å². The van der Waals surface area contributed by atoms with Crippen LogP contribution in [0.5, 0.6) is 5.88 Å². The van der Waals surface area contributed by atoms with Crippen LogP contribution in [0.3, 0.4) is 0 Å². The number of nitrogens with one attached hydrogen (secondary N) is 1. The maximum absolute atomic E-state index is 5.39. The van der Waals surface area contributed by atoms with E-state index in [1.807, 2.05) is 27.1 Å². The van der Waals surface area contributed by atoms with Crippen LogP contribution < -0.4 is 10.1 Å². The molecule has 2 aromatic rings. The Labute approximate surface area is 118 Å². The van der Waals surface area contributed by atoms with Crippen molar-refractivity contribution in [3.8, 4) is 17.3 Å². The molecule has 20 heavy (non-hydrogen) atoms. The molecule has 0 aliphatic carbocycles. The number of hydrogen-bond acceptors (Lipinski definition) is 6. The highest BCUT2D eigenvalue weighted by Crippen LogP contribution is 2.31. The SMILES string of the molecule is CNc1cc(COC)nc(-c2c(C)nn(C)c2OC)n1. The quantitative estimate of drug-likeness (QED) is 0.890. The predicted octanol–water partition coefficient (Wildman–Crippen LogP) is 1.38. The van der Waals surface area contributed by atoms with Gasteiger partial charge in [-0.15, -0.1) is 0 Å². The monoisotopic (exact) mass is 277 g/mol. The van der Waals surface area contributed by atoms with E-state index < -0.39 is 0 Å². The summed E-state index contributed by atoms with van der Waals surface area (Å²) in [6, 6.07) is 1.85. The largest absolute Gasteiger partial charge is 0.481 e. The van der Waals surface area contributed by atoms with Crippen LogP contribution in [0.4, 0.5) is 5.82 Å². The van der Waals surface area contributed by atoms with Crippen LogP contribution in [-0.4, -0.2) is 41.0 Å². The zero-order chi connectivity index (χ0) is 14.7. The summed E-state index contributed by atoms with van der Waals surface area (Å²) in [5.74, 6) is 1.94. The Morgan fingerprint density at radius 3 is 2.65 bits per heavy atom. The number of hydrogen-bond donors (Lipinski definition) is 1. The highest BCUT2D eigenvalue weighted by Gasteiger charge is 2.19. The lowest BCUT2D eigenvalue weighted by Gasteiger charge is -2.08. The lowest BCUT2D eigenvalue weighted by molar-refractivity contribution is 0.181. The zero-order valence-electron chi connectivity index (χ0n) is 12.4. The normalized spacial score (nSPS) is 10.7. The molecule has 0 radical (unpaired) electrons. The fourth-order valence-electron chi connectivity index (χ4n) is 2.09. The van der Waals surface area contributed by atoms with E-state index in [9.17, 15) is 0 Å². The molecule has 0 unspecified atom stereocenters. The summed E-state index contributed by atoms with van der Waals surface area (Å²) in [7, 11) is 6.89. The molecule has 0 aromatic carbocycles. The predicted molar refractivity (Wildman–Crippen MR) is 75.8 cm³/mol. The van der Waals surface area contributed by atoms with Gasteiger partial charge in [0.1, 0.15) is 11.4 Å². The first kappa shape index (κ1) is 14.3. The standard InChI is InChI=1S/C13H19N5O2/c1-8-11(13(20-5)18(3)17-8)12-15-9(7-19-4)6-10(14-2)16-12/h6H,7H2,1-5H3,(H,14,15,16). The minimum atomic E-state index is 0.422. The third-order valence-corrected chi connectivity index (χ3v) is 2.91. The molecule has 0 aliphatic rings. The van der Waals surface area contributed by atoms with Crippen molar-refractivity contribution >= 4 is 5.82 Å². The summed E-state index contributed by atoms with van der Waals surface area (Å²) in [6.07, 6.45) is 0. The van der Waals surface area contributed by atoms with Crippen LogP contribution in [0.15, 0.2) is 6.07 Å². The van der Waals surface area contributed by atoms with Gasteiger partial charge in [0.2, 0.25) is 5.88 Å². The number of aromatic nitrogens is 4. The highest BCUT2D eigenvalue weighted by atomic mass is 16.5. The number of aryl methyl sites for hydroxylation is 2. The van der Waals surface area contributed by atoms with Crippen molar-refractivity contribution in [3.63, 3.8) is 0 Å². The van der Waals surface area contributed by atoms with Crippen LogP contribution in [0.2, 0.25) is 0 Å². The van der Waals surface area contributed by atoms with E-state index in [4.69, 9.17) is 9.47 Å². The average molecular weight is 277 g/mol. The van der Waals surface area contributed by atoms with Crippen molar-refractivity contribution in [2.45, 2.75) is 13.5 Å². The first-order chi connectivity index (χ1) is 9.60. The number of ether oxygens (including phenoxy) is 2. The van der Waals surface area contributed by atoms with Gasteiger partial charge in [-0.05, 0) is 6.92 Å². The topological polar surface area (TPSA) is 74.1 Å². The number of nitrogens with zero attached hydrogens (tertiary/aromatic N) is 4. The second-order valence-electron chi connectivity index (χ2n) is 4.34. The highest BCUT2D eigenvalue weighted by molar-refractivity contribution is 5.66. The molecule has 108 valence electrons. The molecule has 0 fully saturated rings. The van der Waals surface area contributed by atoms with Crippen LogP contribution in [0.25, 0.3) is 11.4 Å². The van der Waals surface area contributed by atoms with E-state index >= 15 is 0 Å². The van der Waals surface area contributed by atoms with Crippen molar-refractivity contribution < 1.29 is 9.47 Å². The van der Waals surface area contributed by atoms with Crippen molar-refractivity contribution in [1.82, 2.24) is 19.7 Å². The molecule has 2 rings (SSSR count). The van der Waals surface area contributed by atoms with Crippen molar-refractivity contribution in [2.24, 2.45) is 7.05 Å². The van der Waals surface area contributed by atoms with E-state index in [0.29, 0.717) is 18.3 Å². The Morgan fingerprint density at radius 1 is 1.30 bits per heavy atom. The molecule has 0 bridgehead atoms. The maximum Gasteiger partial charge on any atom is 0.222 e. The molecule has 7 nitrogen and oxygen atoms in total. The van der Waals surface area contributed by atoms with Gasteiger partial charge in [-0.2, -0.15) is 5.10 Å². The Hall–Kier alpha value is -2.15. The number of methoxy groups -OCH3 is 2. The van der Waals surface area contributed by atoms with Gasteiger partial charge >= 0.3 is 0 Å². The molecular weight excluding hydrogens is 258 g/mol. The van der Waals surface area contributed by atoms with Crippen molar-refractivity contribution in [3.05, 3.63) is 17.5 Å². The number of rotatable bonds is 5. The maximum atomic E-state index is 5.39. The van der Waals surface area contributed by atoms with Crippen LogP contribution in [-0.2, 0) is 18.4 Å². The van der Waals surface area contributed by atoms with Gasteiger partial charge in [-0.25, -0.2) is 14.6 Å². The first-order valence-corrected chi connectivity index (χ1v) is 6.23. The Kier molecular flexibility index (Phi) is 4.19. The molecule has 0 atom stereocenters. The smallest absolute Gasteiger partial charge is 0.222 e. The second kappa shape index (κ2) is 5.87. The summed E-state index contributed by atoms with van der Waals surface area (Å²) in [4.78, 5) is 8.99. The Balaban J connectivity index is 2.59. The van der Waals surface area contributed by atoms with Gasteiger partial charge < -0.3 is 14.8 Å². The van der Waals surface area contributed by atoms with Gasteiger partial charge in [0.25, 0.3) is 0 Å².